The van der Waals surface area contributed by atoms with Gasteiger partial charge in [-0.1, -0.05) is 60.7 Å². The number of nitrogens with zero attached hydrogens (tertiary/aromatic N) is 2. The first kappa shape index (κ1) is 23.7. The van der Waals surface area contributed by atoms with Gasteiger partial charge in [0.15, 0.2) is 0 Å². The van der Waals surface area contributed by atoms with Crippen LogP contribution < -0.4 is 4.72 Å². The molecule has 0 atom stereocenters. The molecule has 0 saturated carbocycles. The third-order valence-electron chi connectivity index (χ3n) is 5.79. The van der Waals surface area contributed by atoms with E-state index in [4.69, 9.17) is 0 Å². The van der Waals surface area contributed by atoms with Crippen LogP contribution in [0.5, 0.6) is 0 Å². The maximum atomic E-state index is 13.1. The van der Waals surface area contributed by atoms with E-state index in [2.05, 4.69) is 33.9 Å². The van der Waals surface area contributed by atoms with E-state index in [0.29, 0.717) is 24.3 Å². The summed E-state index contributed by atoms with van der Waals surface area (Å²) in [7, 11) is -3.80. The van der Waals surface area contributed by atoms with Gasteiger partial charge in [0.2, 0.25) is 0 Å². The van der Waals surface area contributed by atoms with Crippen LogP contribution in [0.4, 0.5) is 5.69 Å². The second kappa shape index (κ2) is 10.7. The van der Waals surface area contributed by atoms with Gasteiger partial charge in [-0.25, -0.2) is 8.42 Å². The van der Waals surface area contributed by atoms with Crippen LogP contribution in [0.25, 0.3) is 6.08 Å². The SMILES string of the molecule is Cc1cccc(NS(=O)(=O)c2cccc(C(=O)N3CCN(C/C=C/c4ccccc4)CC3)c2)c1. The van der Waals surface area contributed by atoms with Crippen LogP contribution in [-0.2, 0) is 10.0 Å². The normalized spacial score (nSPS) is 14.9. The molecule has 1 aliphatic heterocycles. The zero-order valence-corrected chi connectivity index (χ0v) is 20.0. The lowest BCUT2D eigenvalue weighted by atomic mass is 10.1. The van der Waals surface area contributed by atoms with Crippen molar-refractivity contribution in [3.8, 4) is 0 Å². The Morgan fingerprint density at radius 2 is 1.65 bits per heavy atom. The quantitative estimate of drug-likeness (QED) is 0.554. The van der Waals surface area contributed by atoms with E-state index in [-0.39, 0.29) is 10.8 Å². The van der Waals surface area contributed by atoms with Crippen LogP contribution in [0.3, 0.4) is 0 Å². The molecule has 6 nitrogen and oxygen atoms in total. The Hall–Kier alpha value is -3.42. The van der Waals surface area contributed by atoms with Gasteiger partial charge in [-0.3, -0.25) is 14.4 Å². The van der Waals surface area contributed by atoms with Crippen molar-refractivity contribution < 1.29 is 13.2 Å². The molecule has 4 rings (SSSR count). The number of nitrogens with one attached hydrogen (secondary N) is 1. The number of sulfonamides is 1. The minimum absolute atomic E-state index is 0.0736. The van der Waals surface area contributed by atoms with E-state index in [0.717, 1.165) is 25.2 Å². The fourth-order valence-corrected chi connectivity index (χ4v) is 5.03. The Balaban J connectivity index is 1.35. The van der Waals surface area contributed by atoms with Crippen molar-refractivity contribution in [3.63, 3.8) is 0 Å². The molecule has 1 heterocycles. The van der Waals surface area contributed by atoms with Crippen molar-refractivity contribution in [1.29, 1.82) is 0 Å². The number of amides is 1. The van der Waals surface area contributed by atoms with Crippen LogP contribution in [-0.4, -0.2) is 56.8 Å². The first-order chi connectivity index (χ1) is 16.4. The largest absolute Gasteiger partial charge is 0.336 e. The van der Waals surface area contributed by atoms with Crippen LogP contribution in [0.1, 0.15) is 21.5 Å². The summed E-state index contributed by atoms with van der Waals surface area (Å²) in [5.41, 5.74) is 3.00. The smallest absolute Gasteiger partial charge is 0.261 e. The summed E-state index contributed by atoms with van der Waals surface area (Å²) >= 11 is 0. The molecule has 0 aromatic heterocycles. The molecule has 1 amide bonds. The highest BCUT2D eigenvalue weighted by Crippen LogP contribution is 2.19. The van der Waals surface area contributed by atoms with E-state index in [9.17, 15) is 13.2 Å². The van der Waals surface area contributed by atoms with E-state index in [1.165, 1.54) is 17.7 Å². The highest BCUT2D eigenvalue weighted by molar-refractivity contribution is 7.92. The van der Waals surface area contributed by atoms with E-state index in [1.807, 2.05) is 31.2 Å². The molecular weight excluding hydrogens is 446 g/mol. The van der Waals surface area contributed by atoms with Gasteiger partial charge >= 0.3 is 0 Å². The third kappa shape index (κ3) is 6.12. The van der Waals surface area contributed by atoms with Gasteiger partial charge < -0.3 is 4.90 Å². The van der Waals surface area contributed by atoms with Crippen LogP contribution in [0, 0.1) is 6.92 Å². The van der Waals surface area contributed by atoms with Gasteiger partial charge in [-0.05, 0) is 48.4 Å². The predicted molar refractivity (Wildman–Crippen MR) is 136 cm³/mol. The van der Waals surface area contributed by atoms with Crippen molar-refractivity contribution >= 4 is 27.7 Å². The van der Waals surface area contributed by atoms with E-state index < -0.39 is 10.0 Å². The number of anilines is 1. The van der Waals surface area contributed by atoms with Gasteiger partial charge in [-0.2, -0.15) is 0 Å². The Morgan fingerprint density at radius 3 is 2.38 bits per heavy atom. The molecule has 1 aliphatic rings. The molecule has 176 valence electrons. The lowest BCUT2D eigenvalue weighted by Gasteiger charge is -2.34. The van der Waals surface area contributed by atoms with Gasteiger partial charge in [0, 0.05) is 44.0 Å². The summed E-state index contributed by atoms with van der Waals surface area (Å²) in [6.07, 6.45) is 4.25. The lowest BCUT2D eigenvalue weighted by Crippen LogP contribution is -2.48. The first-order valence-electron chi connectivity index (χ1n) is 11.3. The molecular formula is C27H29N3O3S. The lowest BCUT2D eigenvalue weighted by molar-refractivity contribution is 0.0650. The highest BCUT2D eigenvalue weighted by atomic mass is 32.2. The number of hydrogen-bond donors (Lipinski definition) is 1. The summed E-state index contributed by atoms with van der Waals surface area (Å²) in [6, 6.07) is 23.6. The second-order valence-electron chi connectivity index (χ2n) is 8.41. The van der Waals surface area contributed by atoms with Gasteiger partial charge in [0.1, 0.15) is 0 Å². The van der Waals surface area contributed by atoms with Crippen molar-refractivity contribution in [2.45, 2.75) is 11.8 Å². The topological polar surface area (TPSA) is 69.7 Å². The molecule has 7 heteroatoms. The number of aryl methyl sites for hydroxylation is 1. The Kier molecular flexibility index (Phi) is 7.45. The van der Waals surface area contributed by atoms with Crippen molar-refractivity contribution in [2.24, 2.45) is 0 Å². The van der Waals surface area contributed by atoms with Gasteiger partial charge in [0.05, 0.1) is 4.90 Å². The summed E-state index contributed by atoms with van der Waals surface area (Å²) in [5.74, 6) is -0.146. The van der Waals surface area contributed by atoms with Gasteiger partial charge in [0.25, 0.3) is 15.9 Å². The second-order valence-corrected chi connectivity index (χ2v) is 10.1. The molecule has 3 aromatic carbocycles. The van der Waals surface area contributed by atoms with Crippen molar-refractivity contribution in [2.75, 3.05) is 37.4 Å². The molecule has 0 spiro atoms. The van der Waals surface area contributed by atoms with Crippen molar-refractivity contribution in [3.05, 3.63) is 102 Å². The zero-order chi connectivity index (χ0) is 24.0. The number of rotatable bonds is 7. The van der Waals surface area contributed by atoms with Gasteiger partial charge in [-0.15, -0.1) is 0 Å². The molecule has 1 saturated heterocycles. The molecule has 1 fully saturated rings. The predicted octanol–water partition coefficient (Wildman–Crippen LogP) is 4.27. The van der Waals surface area contributed by atoms with E-state index in [1.54, 1.807) is 35.2 Å². The first-order valence-corrected chi connectivity index (χ1v) is 12.8. The molecule has 1 N–H and O–H groups in total. The highest BCUT2D eigenvalue weighted by Gasteiger charge is 2.23. The molecule has 0 unspecified atom stereocenters. The average Bonchev–Trinajstić information content (AvgIpc) is 2.84. The zero-order valence-electron chi connectivity index (χ0n) is 19.2. The average molecular weight is 476 g/mol. The Bertz CT molecular complexity index is 1270. The third-order valence-corrected chi connectivity index (χ3v) is 7.17. The van der Waals surface area contributed by atoms with Crippen LogP contribution in [0.15, 0.2) is 89.8 Å². The summed E-state index contributed by atoms with van der Waals surface area (Å²) in [5, 5.41) is 0. The fraction of sp³-hybridized carbons (Fsp3) is 0.222. The van der Waals surface area contributed by atoms with Crippen LogP contribution >= 0.6 is 0 Å². The molecule has 0 bridgehead atoms. The minimum atomic E-state index is -3.80. The molecule has 0 radical (unpaired) electrons. The summed E-state index contributed by atoms with van der Waals surface area (Å²) in [4.78, 5) is 17.2. The monoisotopic (exact) mass is 475 g/mol. The fourth-order valence-electron chi connectivity index (χ4n) is 3.94. The summed E-state index contributed by atoms with van der Waals surface area (Å²) in [6.45, 7) is 5.49. The molecule has 34 heavy (non-hydrogen) atoms. The Morgan fingerprint density at radius 1 is 0.912 bits per heavy atom. The maximum absolute atomic E-state index is 13.1. The minimum Gasteiger partial charge on any atom is -0.336 e. The molecule has 0 aliphatic carbocycles. The summed E-state index contributed by atoms with van der Waals surface area (Å²) < 4.78 is 28.3. The molecule has 3 aromatic rings. The Labute approximate surface area is 201 Å². The number of carbonyl (C=O) groups is 1. The number of carbonyl (C=O) groups excluding carboxylic acids is 1. The maximum Gasteiger partial charge on any atom is 0.261 e. The van der Waals surface area contributed by atoms with Crippen LogP contribution in [0.2, 0.25) is 0 Å². The number of hydrogen-bond acceptors (Lipinski definition) is 4. The van der Waals surface area contributed by atoms with E-state index >= 15 is 0 Å². The van der Waals surface area contributed by atoms with Crippen molar-refractivity contribution in [1.82, 2.24) is 9.80 Å². The standard InChI is InChI=1S/C27H29N3O3S/c1-22-8-5-13-25(20-22)28-34(32,33)26-14-6-12-24(21-26)27(31)30-18-16-29(17-19-30)15-7-11-23-9-3-2-4-10-23/h2-14,20-21,28H,15-19H2,1H3/b11-7+. The number of benzene rings is 3. The number of piperazine rings is 1.